The van der Waals surface area contributed by atoms with Crippen LogP contribution in [0.2, 0.25) is 0 Å². The highest BCUT2D eigenvalue weighted by molar-refractivity contribution is 5.89. The molecule has 3 rings (SSSR count). The maximum atomic E-state index is 12.7. The third-order valence-electron chi connectivity index (χ3n) is 5.18. The average molecular weight is 330 g/mol. The number of amides is 1. The van der Waals surface area contributed by atoms with Crippen LogP contribution in [0.25, 0.3) is 0 Å². The van der Waals surface area contributed by atoms with Crippen molar-refractivity contribution in [3.63, 3.8) is 0 Å². The van der Waals surface area contributed by atoms with E-state index in [1.54, 1.807) is 4.90 Å². The highest BCUT2D eigenvalue weighted by atomic mass is 16.5. The minimum absolute atomic E-state index is 0.0968. The Hall–Kier alpha value is -1.88. The number of hydrogen-bond donors (Lipinski definition) is 0. The molecule has 0 saturated carbocycles. The minimum Gasteiger partial charge on any atom is -0.464 e. The molecule has 0 radical (unpaired) electrons. The van der Waals surface area contributed by atoms with Crippen LogP contribution in [0.5, 0.6) is 0 Å². The van der Waals surface area contributed by atoms with Crippen molar-refractivity contribution in [3.05, 3.63) is 35.9 Å². The summed E-state index contributed by atoms with van der Waals surface area (Å²) in [6.07, 6.45) is 2.71. The van der Waals surface area contributed by atoms with Gasteiger partial charge in [0.1, 0.15) is 5.54 Å². The van der Waals surface area contributed by atoms with E-state index in [1.807, 2.05) is 25.1 Å². The molecular formula is C19H26N2O3. The van der Waals surface area contributed by atoms with Crippen LogP contribution in [0.3, 0.4) is 0 Å². The molecule has 0 aromatic heterocycles. The molecule has 2 saturated heterocycles. The van der Waals surface area contributed by atoms with E-state index in [0.29, 0.717) is 32.4 Å². The number of piperidine rings is 1. The molecule has 2 aliphatic heterocycles. The van der Waals surface area contributed by atoms with Gasteiger partial charge in [-0.3, -0.25) is 9.69 Å². The van der Waals surface area contributed by atoms with E-state index in [-0.39, 0.29) is 11.9 Å². The van der Waals surface area contributed by atoms with Crippen molar-refractivity contribution in [2.75, 3.05) is 26.2 Å². The fourth-order valence-corrected chi connectivity index (χ4v) is 3.87. The second-order valence-electron chi connectivity index (χ2n) is 6.66. The lowest BCUT2D eigenvalue weighted by molar-refractivity contribution is -0.166. The third kappa shape index (κ3) is 3.31. The zero-order valence-electron chi connectivity index (χ0n) is 14.4. The summed E-state index contributed by atoms with van der Waals surface area (Å²) in [6.45, 7) is 5.34. The molecular weight excluding hydrogens is 304 g/mol. The summed E-state index contributed by atoms with van der Waals surface area (Å²) in [5, 5.41) is 0. The van der Waals surface area contributed by atoms with Gasteiger partial charge in [-0.25, -0.2) is 4.79 Å². The number of ether oxygens (including phenoxy) is 1. The van der Waals surface area contributed by atoms with Gasteiger partial charge in [-0.1, -0.05) is 30.3 Å². The summed E-state index contributed by atoms with van der Waals surface area (Å²) in [5.41, 5.74) is 0.523. The van der Waals surface area contributed by atoms with E-state index in [9.17, 15) is 9.59 Å². The topological polar surface area (TPSA) is 49.9 Å². The van der Waals surface area contributed by atoms with Crippen LogP contribution in [0, 0.1) is 0 Å². The Kier molecular flexibility index (Phi) is 5.19. The molecule has 0 bridgehead atoms. The zero-order chi connectivity index (χ0) is 17.0. The largest absolute Gasteiger partial charge is 0.464 e. The molecule has 1 aromatic carbocycles. The van der Waals surface area contributed by atoms with Gasteiger partial charge in [0.05, 0.1) is 6.61 Å². The van der Waals surface area contributed by atoms with Gasteiger partial charge in [0.25, 0.3) is 0 Å². The van der Waals surface area contributed by atoms with Gasteiger partial charge < -0.3 is 9.64 Å². The lowest BCUT2D eigenvalue weighted by Gasteiger charge is -2.45. The summed E-state index contributed by atoms with van der Waals surface area (Å²) in [7, 11) is 0. The Morgan fingerprint density at radius 3 is 2.46 bits per heavy atom. The van der Waals surface area contributed by atoms with Crippen LogP contribution >= 0.6 is 0 Å². The second kappa shape index (κ2) is 7.34. The third-order valence-corrected chi connectivity index (χ3v) is 5.18. The van der Waals surface area contributed by atoms with Crippen molar-refractivity contribution >= 4 is 11.9 Å². The summed E-state index contributed by atoms with van der Waals surface area (Å²) >= 11 is 0. The van der Waals surface area contributed by atoms with Crippen molar-refractivity contribution in [2.45, 2.75) is 44.7 Å². The Morgan fingerprint density at radius 2 is 1.88 bits per heavy atom. The fourth-order valence-electron chi connectivity index (χ4n) is 3.87. The van der Waals surface area contributed by atoms with Gasteiger partial charge in [-0.2, -0.15) is 0 Å². The highest BCUT2D eigenvalue weighted by Gasteiger charge is 2.50. The van der Waals surface area contributed by atoms with Crippen molar-refractivity contribution in [1.82, 2.24) is 9.80 Å². The molecule has 0 aliphatic carbocycles. The smallest absolute Gasteiger partial charge is 0.332 e. The van der Waals surface area contributed by atoms with Crippen LogP contribution in [0.15, 0.2) is 30.3 Å². The van der Waals surface area contributed by atoms with Crippen LogP contribution in [0.4, 0.5) is 0 Å². The number of benzene rings is 1. The first-order valence-electron chi connectivity index (χ1n) is 8.90. The van der Waals surface area contributed by atoms with Gasteiger partial charge in [-0.05, 0) is 31.7 Å². The van der Waals surface area contributed by atoms with Gasteiger partial charge in [-0.15, -0.1) is 0 Å². The van der Waals surface area contributed by atoms with E-state index in [2.05, 4.69) is 17.0 Å². The summed E-state index contributed by atoms with van der Waals surface area (Å²) in [6, 6.07) is 10.4. The van der Waals surface area contributed by atoms with Crippen molar-refractivity contribution < 1.29 is 14.3 Å². The van der Waals surface area contributed by atoms with Gasteiger partial charge in [0, 0.05) is 32.6 Å². The molecule has 1 aromatic rings. The zero-order valence-corrected chi connectivity index (χ0v) is 14.4. The SMILES string of the molecule is CCOC(=O)C1(N2CCCC2=O)CCN(Cc2ccccc2)CC1. The molecule has 5 heteroatoms. The van der Waals surface area contributed by atoms with E-state index in [0.717, 1.165) is 26.1 Å². The molecule has 2 heterocycles. The number of carbonyl (C=O) groups is 2. The van der Waals surface area contributed by atoms with Gasteiger partial charge >= 0.3 is 5.97 Å². The lowest BCUT2D eigenvalue weighted by Crippen LogP contribution is -2.61. The molecule has 24 heavy (non-hydrogen) atoms. The Bertz CT molecular complexity index is 580. The lowest BCUT2D eigenvalue weighted by atomic mass is 9.85. The van der Waals surface area contributed by atoms with E-state index < -0.39 is 5.54 Å². The molecule has 0 atom stereocenters. The first-order valence-corrected chi connectivity index (χ1v) is 8.90. The Labute approximate surface area is 143 Å². The summed E-state index contributed by atoms with van der Waals surface area (Å²) in [4.78, 5) is 29.1. The normalized spacial score (nSPS) is 21.0. The number of esters is 1. The number of hydrogen-bond acceptors (Lipinski definition) is 4. The number of rotatable bonds is 5. The molecule has 0 N–H and O–H groups in total. The molecule has 130 valence electrons. The molecule has 0 spiro atoms. The summed E-state index contributed by atoms with van der Waals surface area (Å²) in [5.74, 6) is -0.126. The summed E-state index contributed by atoms with van der Waals surface area (Å²) < 4.78 is 5.35. The quantitative estimate of drug-likeness (QED) is 0.777. The van der Waals surface area contributed by atoms with Crippen LogP contribution in [-0.2, 0) is 20.9 Å². The molecule has 2 aliphatic rings. The van der Waals surface area contributed by atoms with Crippen molar-refractivity contribution in [2.24, 2.45) is 0 Å². The van der Waals surface area contributed by atoms with Crippen LogP contribution in [-0.4, -0.2) is 53.5 Å². The van der Waals surface area contributed by atoms with Crippen LogP contribution < -0.4 is 0 Å². The van der Waals surface area contributed by atoms with Crippen LogP contribution in [0.1, 0.15) is 38.2 Å². The molecule has 2 fully saturated rings. The standard InChI is InChI=1S/C19H26N2O3/c1-2-24-18(23)19(21-12-6-9-17(21)22)10-13-20(14-11-19)15-16-7-4-3-5-8-16/h3-5,7-8H,2,6,9-15H2,1H3. The molecule has 5 nitrogen and oxygen atoms in total. The minimum atomic E-state index is -0.753. The second-order valence-corrected chi connectivity index (χ2v) is 6.66. The van der Waals surface area contributed by atoms with E-state index in [4.69, 9.17) is 4.74 Å². The predicted octanol–water partition coefficient (Wildman–Crippen LogP) is 2.21. The fraction of sp³-hybridized carbons (Fsp3) is 0.579. The first-order chi connectivity index (χ1) is 11.7. The maximum absolute atomic E-state index is 12.7. The van der Waals surface area contributed by atoms with E-state index >= 15 is 0 Å². The van der Waals surface area contributed by atoms with Gasteiger partial charge in [0.15, 0.2) is 0 Å². The number of carbonyl (C=O) groups excluding carboxylic acids is 2. The van der Waals surface area contributed by atoms with E-state index in [1.165, 1.54) is 5.56 Å². The monoisotopic (exact) mass is 330 g/mol. The van der Waals surface area contributed by atoms with Gasteiger partial charge in [0.2, 0.25) is 5.91 Å². The average Bonchev–Trinajstić information content (AvgIpc) is 3.03. The number of likely N-dealkylation sites (tertiary alicyclic amines) is 2. The first kappa shape index (κ1) is 17.0. The molecule has 0 unspecified atom stereocenters. The van der Waals surface area contributed by atoms with Crippen molar-refractivity contribution in [1.29, 1.82) is 0 Å². The highest BCUT2D eigenvalue weighted by Crippen LogP contribution is 2.34. The Morgan fingerprint density at radius 1 is 1.17 bits per heavy atom. The molecule has 1 amide bonds. The number of nitrogens with zero attached hydrogens (tertiary/aromatic N) is 2. The van der Waals surface area contributed by atoms with Crippen molar-refractivity contribution in [3.8, 4) is 0 Å². The Balaban J connectivity index is 1.70. The predicted molar refractivity (Wildman–Crippen MR) is 91.3 cm³/mol. The maximum Gasteiger partial charge on any atom is 0.332 e.